The Labute approximate surface area is 156 Å². The Hall–Kier alpha value is -1.95. The lowest BCUT2D eigenvalue weighted by Crippen LogP contribution is -2.30. The van der Waals surface area contributed by atoms with E-state index in [9.17, 15) is 0 Å². The third kappa shape index (κ3) is 5.80. The number of nitrogens with one attached hydrogen (secondary N) is 2. The summed E-state index contributed by atoms with van der Waals surface area (Å²) in [7, 11) is 1.75. The van der Waals surface area contributed by atoms with Gasteiger partial charge in [-0.1, -0.05) is 24.3 Å². The molecule has 3 rings (SSSR count). The maximum atomic E-state index is 5.52. The van der Waals surface area contributed by atoms with Crippen molar-refractivity contribution in [3.8, 4) is 5.75 Å². The molecule has 0 saturated carbocycles. The van der Waals surface area contributed by atoms with Gasteiger partial charge in [0, 0.05) is 25.2 Å². The summed E-state index contributed by atoms with van der Waals surface area (Å²) >= 11 is 0. The molecule has 2 aromatic rings. The molecular weight excluding hydrogens is 324 g/mol. The number of aromatic nitrogens is 1. The quantitative estimate of drug-likeness (QED) is 0.887. The van der Waals surface area contributed by atoms with Crippen LogP contribution in [0.15, 0.2) is 42.5 Å². The standard InChI is InChI=1S/C21H30N4O/c1-26-21-10-3-2-7-18(21)17-25-13-5-11-22-15-19-8-4-9-20(24-19)16-23-12-6-14-25/h2-4,7-10,22-23H,5-6,11-17H2,1H3. The Morgan fingerprint density at radius 1 is 0.923 bits per heavy atom. The second kappa shape index (κ2) is 10.3. The minimum Gasteiger partial charge on any atom is -0.496 e. The lowest BCUT2D eigenvalue weighted by Gasteiger charge is -2.24. The van der Waals surface area contributed by atoms with Crippen molar-refractivity contribution in [2.24, 2.45) is 0 Å². The molecule has 1 aliphatic rings. The van der Waals surface area contributed by atoms with E-state index in [2.05, 4.69) is 45.9 Å². The van der Waals surface area contributed by atoms with Crippen LogP contribution in [0.2, 0.25) is 0 Å². The van der Waals surface area contributed by atoms with Gasteiger partial charge in [0.2, 0.25) is 0 Å². The van der Waals surface area contributed by atoms with Gasteiger partial charge in [-0.25, -0.2) is 0 Å². The van der Waals surface area contributed by atoms with Crippen LogP contribution in [0.3, 0.4) is 0 Å². The van der Waals surface area contributed by atoms with Crippen molar-refractivity contribution in [2.75, 3.05) is 33.3 Å². The number of fused-ring (bicyclic) bond motifs is 2. The van der Waals surface area contributed by atoms with Crippen LogP contribution in [-0.4, -0.2) is 43.2 Å². The number of methoxy groups -OCH3 is 1. The van der Waals surface area contributed by atoms with Crippen molar-refractivity contribution in [3.05, 3.63) is 59.4 Å². The number of pyridine rings is 1. The van der Waals surface area contributed by atoms with Gasteiger partial charge >= 0.3 is 0 Å². The molecule has 0 spiro atoms. The maximum absolute atomic E-state index is 5.52. The van der Waals surface area contributed by atoms with Gasteiger partial charge in [-0.2, -0.15) is 0 Å². The highest BCUT2D eigenvalue weighted by Gasteiger charge is 2.10. The second-order valence-electron chi connectivity index (χ2n) is 6.77. The Balaban J connectivity index is 1.59. The lowest BCUT2D eigenvalue weighted by molar-refractivity contribution is 0.252. The van der Waals surface area contributed by atoms with Gasteiger partial charge in [-0.15, -0.1) is 0 Å². The Morgan fingerprint density at radius 3 is 2.23 bits per heavy atom. The molecule has 0 unspecified atom stereocenters. The van der Waals surface area contributed by atoms with E-state index in [0.29, 0.717) is 0 Å². The summed E-state index contributed by atoms with van der Waals surface area (Å²) in [6.07, 6.45) is 2.25. The van der Waals surface area contributed by atoms with Gasteiger partial charge < -0.3 is 15.4 Å². The largest absolute Gasteiger partial charge is 0.496 e. The van der Waals surface area contributed by atoms with E-state index in [1.54, 1.807) is 7.11 Å². The fourth-order valence-corrected chi connectivity index (χ4v) is 3.36. The molecule has 1 aromatic carbocycles. The number of ether oxygens (including phenoxy) is 1. The van der Waals surface area contributed by atoms with E-state index in [4.69, 9.17) is 9.72 Å². The van der Waals surface area contributed by atoms with Gasteiger partial charge in [0.05, 0.1) is 18.5 Å². The van der Waals surface area contributed by atoms with E-state index >= 15 is 0 Å². The summed E-state index contributed by atoms with van der Waals surface area (Å²) in [6.45, 7) is 6.78. The van der Waals surface area contributed by atoms with Crippen LogP contribution in [0.25, 0.3) is 0 Å². The van der Waals surface area contributed by atoms with Gasteiger partial charge in [-0.05, 0) is 57.2 Å². The van der Waals surface area contributed by atoms with E-state index in [-0.39, 0.29) is 0 Å². The zero-order valence-corrected chi connectivity index (χ0v) is 15.7. The van der Waals surface area contributed by atoms with Crippen LogP contribution in [-0.2, 0) is 19.6 Å². The Kier molecular flexibility index (Phi) is 7.43. The number of hydrogen-bond donors (Lipinski definition) is 2. The number of nitrogens with zero attached hydrogens (tertiary/aromatic N) is 2. The molecule has 0 radical (unpaired) electrons. The molecule has 1 aromatic heterocycles. The average Bonchev–Trinajstić information content (AvgIpc) is 2.67. The van der Waals surface area contributed by atoms with Crippen molar-refractivity contribution in [1.82, 2.24) is 20.5 Å². The zero-order valence-electron chi connectivity index (χ0n) is 15.7. The molecule has 1 aliphatic heterocycles. The highest BCUT2D eigenvalue weighted by molar-refractivity contribution is 5.33. The maximum Gasteiger partial charge on any atom is 0.123 e. The fraction of sp³-hybridized carbons (Fsp3) is 0.476. The number of benzene rings is 1. The van der Waals surface area contributed by atoms with E-state index in [1.165, 1.54) is 5.56 Å². The van der Waals surface area contributed by atoms with Crippen molar-refractivity contribution in [2.45, 2.75) is 32.5 Å². The molecule has 5 nitrogen and oxygen atoms in total. The van der Waals surface area contributed by atoms with Crippen LogP contribution < -0.4 is 15.4 Å². The van der Waals surface area contributed by atoms with Gasteiger partial charge in [0.25, 0.3) is 0 Å². The van der Waals surface area contributed by atoms with Crippen LogP contribution >= 0.6 is 0 Å². The predicted octanol–water partition coefficient (Wildman–Crippen LogP) is 2.57. The molecule has 0 aliphatic carbocycles. The molecule has 26 heavy (non-hydrogen) atoms. The normalized spacial score (nSPS) is 17.4. The van der Waals surface area contributed by atoms with Crippen LogP contribution in [0, 0.1) is 0 Å². The van der Waals surface area contributed by atoms with E-state index in [0.717, 1.165) is 75.8 Å². The molecule has 2 N–H and O–H groups in total. The van der Waals surface area contributed by atoms with Crippen molar-refractivity contribution >= 4 is 0 Å². The minimum absolute atomic E-state index is 0.834. The summed E-state index contributed by atoms with van der Waals surface area (Å²) in [5.74, 6) is 0.979. The molecule has 2 bridgehead atoms. The number of rotatable bonds is 3. The lowest BCUT2D eigenvalue weighted by atomic mass is 10.1. The molecule has 0 fully saturated rings. The Morgan fingerprint density at radius 2 is 1.58 bits per heavy atom. The molecule has 5 heteroatoms. The SMILES string of the molecule is COc1ccccc1CN1CCCNCc2cccc(n2)CNCCC1. The van der Waals surface area contributed by atoms with Gasteiger partial charge in [-0.3, -0.25) is 9.88 Å². The summed E-state index contributed by atoms with van der Waals surface area (Å²) in [5, 5.41) is 7.04. The summed E-state index contributed by atoms with van der Waals surface area (Å²) in [6, 6.07) is 14.6. The third-order valence-electron chi connectivity index (χ3n) is 4.72. The van der Waals surface area contributed by atoms with Crippen LogP contribution in [0.4, 0.5) is 0 Å². The first-order valence-electron chi connectivity index (χ1n) is 9.55. The smallest absolute Gasteiger partial charge is 0.123 e. The molecule has 0 saturated heterocycles. The topological polar surface area (TPSA) is 49.4 Å². The first-order chi connectivity index (χ1) is 12.8. The highest BCUT2D eigenvalue weighted by atomic mass is 16.5. The highest BCUT2D eigenvalue weighted by Crippen LogP contribution is 2.19. The van der Waals surface area contributed by atoms with Crippen molar-refractivity contribution < 1.29 is 4.74 Å². The number of para-hydroxylation sites is 1. The first kappa shape index (κ1) is 18.8. The van der Waals surface area contributed by atoms with Crippen molar-refractivity contribution in [3.63, 3.8) is 0 Å². The van der Waals surface area contributed by atoms with Crippen LogP contribution in [0.5, 0.6) is 5.75 Å². The van der Waals surface area contributed by atoms with Crippen LogP contribution in [0.1, 0.15) is 29.8 Å². The average molecular weight is 354 g/mol. The second-order valence-corrected chi connectivity index (χ2v) is 6.77. The fourth-order valence-electron chi connectivity index (χ4n) is 3.36. The first-order valence-corrected chi connectivity index (χ1v) is 9.55. The number of hydrogen-bond acceptors (Lipinski definition) is 5. The zero-order chi connectivity index (χ0) is 18.0. The monoisotopic (exact) mass is 354 g/mol. The third-order valence-corrected chi connectivity index (χ3v) is 4.72. The summed E-state index contributed by atoms with van der Waals surface area (Å²) in [5.41, 5.74) is 3.50. The van der Waals surface area contributed by atoms with E-state index < -0.39 is 0 Å². The van der Waals surface area contributed by atoms with Gasteiger partial charge in [0.15, 0.2) is 0 Å². The van der Waals surface area contributed by atoms with Gasteiger partial charge in [0.1, 0.15) is 5.75 Å². The summed E-state index contributed by atoms with van der Waals surface area (Å²) < 4.78 is 5.52. The minimum atomic E-state index is 0.834. The predicted molar refractivity (Wildman–Crippen MR) is 105 cm³/mol. The molecule has 140 valence electrons. The Bertz CT molecular complexity index is 647. The molecule has 0 amide bonds. The summed E-state index contributed by atoms with van der Waals surface area (Å²) in [4.78, 5) is 7.23. The van der Waals surface area contributed by atoms with Crippen molar-refractivity contribution in [1.29, 1.82) is 0 Å². The molecule has 2 heterocycles. The molecular formula is C21H30N4O. The van der Waals surface area contributed by atoms with E-state index in [1.807, 2.05) is 12.1 Å². The molecule has 0 atom stereocenters.